The molecule has 3 N–H and O–H groups in total. The van der Waals surface area contributed by atoms with Crippen LogP contribution in [0.1, 0.15) is 36.2 Å². The van der Waals surface area contributed by atoms with E-state index in [2.05, 4.69) is 17.0 Å². The first-order valence-corrected chi connectivity index (χ1v) is 6.34. The average molecular weight is 252 g/mol. The molecule has 1 fully saturated rings. The summed E-state index contributed by atoms with van der Waals surface area (Å²) in [7, 11) is 2.14. The molecule has 0 spiro atoms. The van der Waals surface area contributed by atoms with E-state index in [1.165, 1.54) is 19.3 Å². The van der Waals surface area contributed by atoms with Crippen molar-refractivity contribution < 1.29 is 9.90 Å². The van der Waals surface area contributed by atoms with Crippen LogP contribution in [0.5, 0.6) is 0 Å². The third-order valence-corrected chi connectivity index (χ3v) is 3.61. The summed E-state index contributed by atoms with van der Waals surface area (Å²) in [6.07, 6.45) is 6.34. The molecule has 1 unspecified atom stereocenters. The van der Waals surface area contributed by atoms with Crippen LogP contribution >= 0.6 is 0 Å². The molecule has 6 nitrogen and oxygen atoms in total. The number of aromatic carboxylic acids is 1. The Hall–Kier alpha value is -1.56. The number of nitrogens with two attached hydrogens (primary N) is 1. The number of piperidine rings is 1. The number of nitrogens with zero attached hydrogens (tertiary/aromatic N) is 3. The van der Waals surface area contributed by atoms with E-state index >= 15 is 0 Å². The molecular weight excluding hydrogens is 232 g/mol. The standard InChI is InChI=1S/C12H20N4O2/c1-15-6-3-2-4-9(15)5-7-16-8-10(13)11(14-16)12(17)18/h8-9H,2-7,13H2,1H3,(H,17,18). The topological polar surface area (TPSA) is 84.4 Å². The number of hydrogen-bond acceptors (Lipinski definition) is 4. The van der Waals surface area contributed by atoms with Gasteiger partial charge in [-0.1, -0.05) is 6.42 Å². The van der Waals surface area contributed by atoms with E-state index < -0.39 is 5.97 Å². The minimum atomic E-state index is -1.07. The molecular formula is C12H20N4O2. The number of carboxylic acid groups (broad SMARTS) is 1. The Morgan fingerprint density at radius 3 is 3.00 bits per heavy atom. The number of carboxylic acids is 1. The Morgan fingerprint density at radius 2 is 2.39 bits per heavy atom. The van der Waals surface area contributed by atoms with Crippen LogP contribution in [-0.2, 0) is 6.54 Å². The molecule has 1 atom stereocenters. The predicted octanol–water partition coefficient (Wildman–Crippen LogP) is 1.04. The van der Waals surface area contributed by atoms with E-state index in [0.29, 0.717) is 12.6 Å². The molecule has 1 aliphatic rings. The van der Waals surface area contributed by atoms with Crippen molar-refractivity contribution in [2.24, 2.45) is 0 Å². The van der Waals surface area contributed by atoms with Crippen molar-refractivity contribution in [2.45, 2.75) is 38.3 Å². The van der Waals surface area contributed by atoms with Crippen molar-refractivity contribution in [2.75, 3.05) is 19.3 Å². The maximum absolute atomic E-state index is 10.8. The largest absolute Gasteiger partial charge is 0.476 e. The molecule has 1 saturated heterocycles. The van der Waals surface area contributed by atoms with Gasteiger partial charge in [0.1, 0.15) is 0 Å². The Labute approximate surface area is 106 Å². The summed E-state index contributed by atoms with van der Waals surface area (Å²) in [4.78, 5) is 13.2. The molecule has 0 aliphatic carbocycles. The number of carbonyl (C=O) groups is 1. The number of nitrogen functional groups attached to an aromatic ring is 1. The summed E-state index contributed by atoms with van der Waals surface area (Å²) in [6.45, 7) is 1.86. The van der Waals surface area contributed by atoms with Crippen molar-refractivity contribution >= 4 is 11.7 Å². The van der Waals surface area contributed by atoms with Crippen LogP contribution in [-0.4, -0.2) is 45.4 Å². The number of hydrogen-bond donors (Lipinski definition) is 2. The summed E-state index contributed by atoms with van der Waals surface area (Å²) >= 11 is 0. The quantitative estimate of drug-likeness (QED) is 0.836. The Bertz CT molecular complexity index is 430. The zero-order valence-corrected chi connectivity index (χ0v) is 10.7. The lowest BCUT2D eigenvalue weighted by molar-refractivity contribution is 0.0690. The van der Waals surface area contributed by atoms with Gasteiger partial charge >= 0.3 is 5.97 Å². The zero-order chi connectivity index (χ0) is 13.1. The lowest BCUT2D eigenvalue weighted by atomic mass is 10.0. The van der Waals surface area contributed by atoms with Crippen molar-refractivity contribution in [3.05, 3.63) is 11.9 Å². The summed E-state index contributed by atoms with van der Waals surface area (Å²) in [5, 5.41) is 12.9. The molecule has 100 valence electrons. The van der Waals surface area contributed by atoms with Gasteiger partial charge in [0, 0.05) is 18.8 Å². The fourth-order valence-electron chi connectivity index (χ4n) is 2.51. The van der Waals surface area contributed by atoms with Crippen LogP contribution in [0, 0.1) is 0 Å². The molecule has 0 amide bonds. The highest BCUT2D eigenvalue weighted by atomic mass is 16.4. The predicted molar refractivity (Wildman–Crippen MR) is 68.5 cm³/mol. The molecule has 2 heterocycles. The Morgan fingerprint density at radius 1 is 1.61 bits per heavy atom. The molecule has 6 heteroatoms. The number of rotatable bonds is 4. The molecule has 2 rings (SSSR count). The monoisotopic (exact) mass is 252 g/mol. The number of anilines is 1. The Balaban J connectivity index is 1.93. The van der Waals surface area contributed by atoms with E-state index in [4.69, 9.17) is 10.8 Å². The number of aryl methyl sites for hydroxylation is 1. The van der Waals surface area contributed by atoms with Gasteiger partial charge in [-0.15, -0.1) is 0 Å². The van der Waals surface area contributed by atoms with Gasteiger partial charge in [-0.05, 0) is 32.9 Å². The first kappa shape index (κ1) is 12.9. The minimum absolute atomic E-state index is 0.0491. The van der Waals surface area contributed by atoms with Gasteiger partial charge in [0.25, 0.3) is 0 Å². The summed E-state index contributed by atoms with van der Waals surface area (Å²) < 4.78 is 1.64. The van der Waals surface area contributed by atoms with Gasteiger partial charge in [-0.2, -0.15) is 5.10 Å². The summed E-state index contributed by atoms with van der Waals surface area (Å²) in [6, 6.07) is 0.567. The van der Waals surface area contributed by atoms with E-state index in [-0.39, 0.29) is 11.4 Å². The van der Waals surface area contributed by atoms with Crippen molar-refractivity contribution in [1.82, 2.24) is 14.7 Å². The lowest BCUT2D eigenvalue weighted by Crippen LogP contribution is -2.36. The zero-order valence-electron chi connectivity index (χ0n) is 10.7. The molecule has 0 aromatic carbocycles. The minimum Gasteiger partial charge on any atom is -0.476 e. The van der Waals surface area contributed by atoms with Gasteiger partial charge in [0.2, 0.25) is 0 Å². The first-order valence-electron chi connectivity index (χ1n) is 6.34. The van der Waals surface area contributed by atoms with Gasteiger partial charge in [-0.3, -0.25) is 4.68 Å². The van der Waals surface area contributed by atoms with E-state index in [9.17, 15) is 4.79 Å². The molecule has 0 bridgehead atoms. The molecule has 0 saturated carbocycles. The second kappa shape index (κ2) is 5.39. The van der Waals surface area contributed by atoms with Gasteiger partial charge in [-0.25, -0.2) is 4.79 Å². The first-order chi connectivity index (χ1) is 8.58. The van der Waals surface area contributed by atoms with Crippen molar-refractivity contribution in [1.29, 1.82) is 0 Å². The third kappa shape index (κ3) is 2.81. The maximum atomic E-state index is 10.8. The van der Waals surface area contributed by atoms with Crippen LogP contribution in [0.4, 0.5) is 5.69 Å². The van der Waals surface area contributed by atoms with E-state index in [0.717, 1.165) is 13.0 Å². The third-order valence-electron chi connectivity index (χ3n) is 3.61. The van der Waals surface area contributed by atoms with Crippen LogP contribution < -0.4 is 5.73 Å². The molecule has 1 aromatic heterocycles. The second-order valence-corrected chi connectivity index (χ2v) is 4.92. The molecule has 0 radical (unpaired) electrons. The van der Waals surface area contributed by atoms with Crippen molar-refractivity contribution in [3.63, 3.8) is 0 Å². The highest BCUT2D eigenvalue weighted by Crippen LogP contribution is 2.18. The lowest BCUT2D eigenvalue weighted by Gasteiger charge is -2.32. The fraction of sp³-hybridized carbons (Fsp3) is 0.667. The van der Waals surface area contributed by atoms with E-state index in [1.807, 2.05) is 0 Å². The summed E-state index contributed by atoms with van der Waals surface area (Å²) in [5.74, 6) is -1.07. The SMILES string of the molecule is CN1CCCCC1CCn1cc(N)c(C(=O)O)n1. The van der Waals surface area contributed by atoms with Crippen LogP contribution in [0.25, 0.3) is 0 Å². The van der Waals surface area contributed by atoms with Gasteiger partial charge < -0.3 is 15.7 Å². The van der Waals surface area contributed by atoms with Gasteiger partial charge in [0.15, 0.2) is 5.69 Å². The summed E-state index contributed by atoms with van der Waals surface area (Å²) in [5.41, 5.74) is 5.79. The molecule has 1 aromatic rings. The van der Waals surface area contributed by atoms with Crippen molar-refractivity contribution in [3.8, 4) is 0 Å². The van der Waals surface area contributed by atoms with Crippen LogP contribution in [0.15, 0.2) is 6.20 Å². The molecule has 1 aliphatic heterocycles. The Kier molecular flexibility index (Phi) is 3.86. The second-order valence-electron chi connectivity index (χ2n) is 4.92. The highest BCUT2D eigenvalue weighted by molar-refractivity contribution is 5.91. The average Bonchev–Trinajstić information content (AvgIpc) is 2.70. The number of likely N-dealkylation sites (tertiary alicyclic amines) is 1. The van der Waals surface area contributed by atoms with Crippen LogP contribution in [0.2, 0.25) is 0 Å². The van der Waals surface area contributed by atoms with Crippen LogP contribution in [0.3, 0.4) is 0 Å². The van der Waals surface area contributed by atoms with Gasteiger partial charge in [0.05, 0.1) is 5.69 Å². The maximum Gasteiger partial charge on any atom is 0.358 e. The highest BCUT2D eigenvalue weighted by Gasteiger charge is 2.19. The smallest absolute Gasteiger partial charge is 0.358 e. The van der Waals surface area contributed by atoms with E-state index in [1.54, 1.807) is 10.9 Å². The molecule has 18 heavy (non-hydrogen) atoms. The normalized spacial score (nSPS) is 21.1. The number of aromatic nitrogens is 2. The fourth-order valence-corrected chi connectivity index (χ4v) is 2.51.